The van der Waals surface area contributed by atoms with Crippen LogP contribution in [-0.4, -0.2) is 15.2 Å². The lowest BCUT2D eigenvalue weighted by molar-refractivity contribution is 1.02. The van der Waals surface area contributed by atoms with E-state index in [9.17, 15) is 0 Å². The predicted octanol–water partition coefficient (Wildman–Crippen LogP) is 2.40. The molecule has 0 amide bonds. The molecule has 2 heterocycles. The van der Waals surface area contributed by atoms with Crippen molar-refractivity contribution in [1.29, 1.82) is 0 Å². The highest BCUT2D eigenvalue weighted by atomic mass is 15.1. The van der Waals surface area contributed by atoms with E-state index < -0.39 is 0 Å². The van der Waals surface area contributed by atoms with Gasteiger partial charge in [0.2, 0.25) is 0 Å². The molecule has 0 saturated carbocycles. The molecular formula is C11H13N3. The van der Waals surface area contributed by atoms with Crippen LogP contribution in [0, 0.1) is 20.8 Å². The zero-order valence-corrected chi connectivity index (χ0v) is 8.63. The molecule has 3 heteroatoms. The molecule has 0 aliphatic rings. The topological polar surface area (TPSA) is 41.6 Å². The van der Waals surface area contributed by atoms with Crippen LogP contribution in [0.5, 0.6) is 0 Å². The highest BCUT2D eigenvalue weighted by molar-refractivity contribution is 5.67. The summed E-state index contributed by atoms with van der Waals surface area (Å²) in [5, 5.41) is 7.14. The first kappa shape index (κ1) is 8.94. The molecule has 0 fully saturated rings. The molecule has 2 rings (SSSR count). The summed E-state index contributed by atoms with van der Waals surface area (Å²) >= 11 is 0. The van der Waals surface area contributed by atoms with Crippen LogP contribution >= 0.6 is 0 Å². The molecule has 0 radical (unpaired) electrons. The van der Waals surface area contributed by atoms with E-state index in [0.29, 0.717) is 0 Å². The van der Waals surface area contributed by atoms with Crippen LogP contribution in [0.25, 0.3) is 11.3 Å². The minimum Gasteiger partial charge on any atom is -0.282 e. The monoisotopic (exact) mass is 187 g/mol. The molecule has 0 saturated heterocycles. The summed E-state index contributed by atoms with van der Waals surface area (Å²) in [5.74, 6) is 0. The second-order valence-corrected chi connectivity index (χ2v) is 3.48. The molecule has 0 bridgehead atoms. The van der Waals surface area contributed by atoms with E-state index in [2.05, 4.69) is 28.2 Å². The number of nitrogens with one attached hydrogen (secondary N) is 1. The SMILES string of the molecule is Cc1cccnc1-c1c(C)n[nH]c1C. The minimum atomic E-state index is 1.00. The third-order valence-corrected chi connectivity index (χ3v) is 2.37. The van der Waals surface area contributed by atoms with Gasteiger partial charge in [-0.3, -0.25) is 10.1 Å². The first-order chi connectivity index (χ1) is 6.70. The Bertz CT molecular complexity index is 438. The van der Waals surface area contributed by atoms with Gasteiger partial charge in [0.15, 0.2) is 0 Å². The summed E-state index contributed by atoms with van der Waals surface area (Å²) in [4.78, 5) is 4.38. The van der Waals surface area contributed by atoms with Gasteiger partial charge in [0, 0.05) is 17.5 Å². The van der Waals surface area contributed by atoms with Crippen molar-refractivity contribution in [2.24, 2.45) is 0 Å². The van der Waals surface area contributed by atoms with Gasteiger partial charge >= 0.3 is 0 Å². The highest BCUT2D eigenvalue weighted by Crippen LogP contribution is 2.25. The highest BCUT2D eigenvalue weighted by Gasteiger charge is 2.11. The molecule has 3 nitrogen and oxygen atoms in total. The van der Waals surface area contributed by atoms with Gasteiger partial charge < -0.3 is 0 Å². The Morgan fingerprint density at radius 1 is 1.21 bits per heavy atom. The molecule has 0 atom stereocenters. The van der Waals surface area contributed by atoms with Crippen molar-refractivity contribution in [2.45, 2.75) is 20.8 Å². The molecule has 2 aromatic rings. The van der Waals surface area contributed by atoms with Crippen molar-refractivity contribution < 1.29 is 0 Å². The van der Waals surface area contributed by atoms with Crippen LogP contribution in [0.2, 0.25) is 0 Å². The Labute approximate surface area is 83.2 Å². The van der Waals surface area contributed by atoms with Crippen LogP contribution in [-0.2, 0) is 0 Å². The number of aromatic amines is 1. The van der Waals surface area contributed by atoms with E-state index in [4.69, 9.17) is 0 Å². The van der Waals surface area contributed by atoms with E-state index in [0.717, 1.165) is 22.6 Å². The van der Waals surface area contributed by atoms with E-state index in [1.54, 1.807) is 0 Å². The normalized spacial score (nSPS) is 10.5. The maximum Gasteiger partial charge on any atom is 0.0768 e. The first-order valence-electron chi connectivity index (χ1n) is 4.63. The van der Waals surface area contributed by atoms with E-state index in [1.165, 1.54) is 5.56 Å². The van der Waals surface area contributed by atoms with Crippen LogP contribution in [0.1, 0.15) is 17.0 Å². The summed E-state index contributed by atoms with van der Waals surface area (Å²) in [7, 11) is 0. The van der Waals surface area contributed by atoms with E-state index >= 15 is 0 Å². The Kier molecular flexibility index (Phi) is 2.08. The maximum atomic E-state index is 4.38. The van der Waals surface area contributed by atoms with Crippen LogP contribution in [0.4, 0.5) is 0 Å². The van der Waals surface area contributed by atoms with Gasteiger partial charge in [0.25, 0.3) is 0 Å². The smallest absolute Gasteiger partial charge is 0.0768 e. The fraction of sp³-hybridized carbons (Fsp3) is 0.273. The average molecular weight is 187 g/mol. The summed E-state index contributed by atoms with van der Waals surface area (Å²) < 4.78 is 0. The predicted molar refractivity (Wildman–Crippen MR) is 56.0 cm³/mol. The second kappa shape index (κ2) is 3.25. The minimum absolute atomic E-state index is 1.00. The van der Waals surface area contributed by atoms with Crippen molar-refractivity contribution in [1.82, 2.24) is 15.2 Å². The van der Waals surface area contributed by atoms with Crippen molar-refractivity contribution in [3.8, 4) is 11.3 Å². The third-order valence-electron chi connectivity index (χ3n) is 2.37. The lowest BCUT2D eigenvalue weighted by Crippen LogP contribution is -1.89. The van der Waals surface area contributed by atoms with Gasteiger partial charge in [-0.15, -0.1) is 0 Å². The molecule has 0 spiro atoms. The second-order valence-electron chi connectivity index (χ2n) is 3.48. The van der Waals surface area contributed by atoms with Crippen molar-refractivity contribution in [2.75, 3.05) is 0 Å². The number of pyridine rings is 1. The molecular weight excluding hydrogens is 174 g/mol. The lowest BCUT2D eigenvalue weighted by atomic mass is 10.1. The zero-order chi connectivity index (χ0) is 10.1. The molecule has 1 N–H and O–H groups in total. The summed E-state index contributed by atoms with van der Waals surface area (Å²) in [6.45, 7) is 6.07. The van der Waals surface area contributed by atoms with E-state index in [-0.39, 0.29) is 0 Å². The van der Waals surface area contributed by atoms with Gasteiger partial charge in [-0.25, -0.2) is 0 Å². The van der Waals surface area contributed by atoms with Gasteiger partial charge in [-0.05, 0) is 32.4 Å². The molecule has 0 unspecified atom stereocenters. The largest absolute Gasteiger partial charge is 0.282 e. The number of aromatic nitrogens is 3. The maximum absolute atomic E-state index is 4.38. The number of aryl methyl sites for hydroxylation is 3. The fourth-order valence-electron chi connectivity index (χ4n) is 1.65. The quantitative estimate of drug-likeness (QED) is 0.744. The third kappa shape index (κ3) is 1.31. The number of rotatable bonds is 1. The molecule has 0 aliphatic heterocycles. The van der Waals surface area contributed by atoms with Crippen molar-refractivity contribution in [3.05, 3.63) is 35.3 Å². The molecule has 2 aromatic heterocycles. The van der Waals surface area contributed by atoms with E-state index in [1.807, 2.05) is 26.1 Å². The Hall–Kier alpha value is -1.64. The van der Waals surface area contributed by atoms with Gasteiger partial charge in [-0.1, -0.05) is 6.07 Å². The van der Waals surface area contributed by atoms with Gasteiger partial charge in [-0.2, -0.15) is 5.10 Å². The number of hydrogen-bond acceptors (Lipinski definition) is 2. The summed E-state index contributed by atoms with van der Waals surface area (Å²) in [5.41, 5.74) is 5.41. The molecule has 14 heavy (non-hydrogen) atoms. The average Bonchev–Trinajstić information content (AvgIpc) is 2.48. The van der Waals surface area contributed by atoms with Gasteiger partial charge in [0.05, 0.1) is 11.4 Å². The first-order valence-corrected chi connectivity index (χ1v) is 4.63. The summed E-state index contributed by atoms with van der Waals surface area (Å²) in [6.07, 6.45) is 1.81. The number of hydrogen-bond donors (Lipinski definition) is 1. The van der Waals surface area contributed by atoms with Crippen molar-refractivity contribution in [3.63, 3.8) is 0 Å². The van der Waals surface area contributed by atoms with Crippen LogP contribution in [0.15, 0.2) is 18.3 Å². The van der Waals surface area contributed by atoms with Crippen LogP contribution in [0.3, 0.4) is 0 Å². The Morgan fingerprint density at radius 3 is 2.57 bits per heavy atom. The lowest BCUT2D eigenvalue weighted by Gasteiger charge is -2.03. The molecule has 0 aliphatic carbocycles. The number of nitrogens with zero attached hydrogens (tertiary/aromatic N) is 2. The molecule has 72 valence electrons. The standard InChI is InChI=1S/C11H13N3/c1-7-5-4-6-12-11(7)10-8(2)13-14-9(10)3/h4-6H,1-3H3,(H,13,14). The Balaban J connectivity index is 2.66. The zero-order valence-electron chi connectivity index (χ0n) is 8.63. The summed E-state index contributed by atoms with van der Waals surface area (Å²) in [6, 6.07) is 4.01. The fourth-order valence-corrected chi connectivity index (χ4v) is 1.65. The molecule has 0 aromatic carbocycles. The number of H-pyrrole nitrogens is 1. The van der Waals surface area contributed by atoms with Crippen molar-refractivity contribution >= 4 is 0 Å². The van der Waals surface area contributed by atoms with Gasteiger partial charge in [0.1, 0.15) is 0 Å². The van der Waals surface area contributed by atoms with Crippen LogP contribution < -0.4 is 0 Å². The Morgan fingerprint density at radius 2 is 2.00 bits per heavy atom.